The Morgan fingerprint density at radius 1 is 1.60 bits per heavy atom. The van der Waals surface area contributed by atoms with Crippen LogP contribution in [0.2, 0.25) is 0 Å². The van der Waals surface area contributed by atoms with Crippen LogP contribution in [0.1, 0.15) is 20.3 Å². The lowest BCUT2D eigenvalue weighted by atomic mass is 10.2. The fraction of sp³-hybridized carbons (Fsp3) is 0.364. The minimum Gasteiger partial charge on any atom is -0.483 e. The molecule has 0 bridgehead atoms. The van der Waals surface area contributed by atoms with Crippen molar-refractivity contribution in [1.82, 2.24) is 0 Å². The van der Waals surface area contributed by atoms with E-state index in [0.717, 1.165) is 0 Å². The molecule has 0 aromatic heterocycles. The van der Waals surface area contributed by atoms with Crippen molar-refractivity contribution < 1.29 is 13.9 Å². The summed E-state index contributed by atoms with van der Waals surface area (Å²) in [6.45, 7) is 3.46. The van der Waals surface area contributed by atoms with Gasteiger partial charge in [-0.15, -0.1) is 0 Å². The van der Waals surface area contributed by atoms with Crippen molar-refractivity contribution in [3.8, 4) is 5.75 Å². The first-order valence-electron chi connectivity index (χ1n) is 4.69. The molecule has 0 aliphatic rings. The number of rotatable bonds is 4. The Labute approximate surface area is 96.6 Å². The highest BCUT2D eigenvalue weighted by molar-refractivity contribution is 9.10. The first-order valence-corrected chi connectivity index (χ1v) is 5.48. The van der Waals surface area contributed by atoms with Gasteiger partial charge in [0, 0.05) is 6.42 Å². The van der Waals surface area contributed by atoms with Gasteiger partial charge in [0.15, 0.2) is 11.9 Å². The normalized spacial score (nSPS) is 12.3. The molecule has 0 N–H and O–H groups in total. The van der Waals surface area contributed by atoms with E-state index in [1.807, 2.05) is 0 Å². The molecule has 82 valence electrons. The zero-order valence-corrected chi connectivity index (χ0v) is 10.2. The van der Waals surface area contributed by atoms with Gasteiger partial charge in [-0.2, -0.15) is 0 Å². The van der Waals surface area contributed by atoms with E-state index < -0.39 is 6.10 Å². The number of halogens is 2. The quantitative estimate of drug-likeness (QED) is 0.842. The lowest BCUT2D eigenvalue weighted by Gasteiger charge is -2.12. The largest absolute Gasteiger partial charge is 0.483 e. The van der Waals surface area contributed by atoms with Gasteiger partial charge in [0.1, 0.15) is 11.6 Å². The van der Waals surface area contributed by atoms with Crippen molar-refractivity contribution in [3.63, 3.8) is 0 Å². The molecule has 0 saturated heterocycles. The van der Waals surface area contributed by atoms with E-state index >= 15 is 0 Å². The van der Waals surface area contributed by atoms with E-state index in [1.54, 1.807) is 13.8 Å². The van der Waals surface area contributed by atoms with Crippen molar-refractivity contribution in [3.05, 3.63) is 28.5 Å². The summed E-state index contributed by atoms with van der Waals surface area (Å²) in [7, 11) is 0. The monoisotopic (exact) mass is 274 g/mol. The van der Waals surface area contributed by atoms with Gasteiger partial charge in [0.2, 0.25) is 0 Å². The summed E-state index contributed by atoms with van der Waals surface area (Å²) in [4.78, 5) is 11.3. The van der Waals surface area contributed by atoms with Gasteiger partial charge in [-0.1, -0.05) is 6.92 Å². The summed E-state index contributed by atoms with van der Waals surface area (Å²) in [5, 5.41) is 0. The number of carbonyl (C=O) groups excluding carboxylic acids is 1. The molecular formula is C11H12BrFO2. The highest BCUT2D eigenvalue weighted by Gasteiger charge is 2.12. The Bertz CT molecular complexity index is 366. The van der Waals surface area contributed by atoms with Crippen LogP contribution in [0.25, 0.3) is 0 Å². The minimum absolute atomic E-state index is 0.0236. The number of hydrogen-bond acceptors (Lipinski definition) is 2. The molecule has 0 fully saturated rings. The van der Waals surface area contributed by atoms with Crippen LogP contribution in [0.15, 0.2) is 22.7 Å². The molecular weight excluding hydrogens is 263 g/mol. The topological polar surface area (TPSA) is 26.3 Å². The summed E-state index contributed by atoms with van der Waals surface area (Å²) in [6, 6.07) is 4.30. The van der Waals surface area contributed by atoms with Gasteiger partial charge in [0.25, 0.3) is 0 Å². The van der Waals surface area contributed by atoms with Gasteiger partial charge < -0.3 is 4.74 Å². The predicted octanol–water partition coefficient (Wildman–Crippen LogP) is 3.33. The third-order valence-electron chi connectivity index (χ3n) is 2.01. The van der Waals surface area contributed by atoms with Crippen molar-refractivity contribution in [2.24, 2.45) is 0 Å². The molecule has 0 amide bonds. The molecule has 1 aromatic rings. The summed E-state index contributed by atoms with van der Waals surface area (Å²) in [5.41, 5.74) is 0. The molecule has 0 heterocycles. The standard InChI is InChI=1S/C11H12BrFO2/c1-3-11(14)7(2)15-8-4-5-10(13)9(12)6-8/h4-7H,3H2,1-2H3. The average molecular weight is 275 g/mol. The Hall–Kier alpha value is -0.900. The number of ether oxygens (including phenoxy) is 1. The van der Waals surface area contributed by atoms with Gasteiger partial charge in [-0.05, 0) is 41.1 Å². The molecule has 0 aliphatic carbocycles. The molecule has 0 radical (unpaired) electrons. The molecule has 1 rings (SSSR count). The highest BCUT2D eigenvalue weighted by Crippen LogP contribution is 2.22. The summed E-state index contributed by atoms with van der Waals surface area (Å²) in [5.74, 6) is 0.157. The molecule has 0 spiro atoms. The van der Waals surface area contributed by atoms with Crippen LogP contribution in [0.3, 0.4) is 0 Å². The van der Waals surface area contributed by atoms with E-state index in [2.05, 4.69) is 15.9 Å². The molecule has 15 heavy (non-hydrogen) atoms. The number of benzene rings is 1. The van der Waals surface area contributed by atoms with Gasteiger partial charge in [-0.25, -0.2) is 4.39 Å². The van der Waals surface area contributed by atoms with Crippen molar-refractivity contribution in [1.29, 1.82) is 0 Å². The van der Waals surface area contributed by atoms with Crippen LogP contribution in [-0.2, 0) is 4.79 Å². The van der Waals surface area contributed by atoms with Gasteiger partial charge in [0.05, 0.1) is 4.47 Å². The van der Waals surface area contributed by atoms with Crippen molar-refractivity contribution in [2.45, 2.75) is 26.4 Å². The van der Waals surface area contributed by atoms with Crippen molar-refractivity contribution >= 4 is 21.7 Å². The van der Waals surface area contributed by atoms with Crippen LogP contribution in [0.4, 0.5) is 4.39 Å². The average Bonchev–Trinajstić information content (AvgIpc) is 2.22. The first kappa shape index (κ1) is 12.2. The van der Waals surface area contributed by atoms with Crippen molar-refractivity contribution in [2.75, 3.05) is 0 Å². The summed E-state index contributed by atoms with van der Waals surface area (Å²) < 4.78 is 18.6. The van der Waals surface area contributed by atoms with Crippen LogP contribution < -0.4 is 4.74 Å². The second-order valence-electron chi connectivity index (χ2n) is 3.16. The van der Waals surface area contributed by atoms with Crippen LogP contribution in [-0.4, -0.2) is 11.9 Å². The van der Waals surface area contributed by atoms with E-state index in [4.69, 9.17) is 4.74 Å². The van der Waals surface area contributed by atoms with E-state index in [0.29, 0.717) is 16.6 Å². The number of carbonyl (C=O) groups is 1. The lowest BCUT2D eigenvalue weighted by Crippen LogP contribution is -2.22. The van der Waals surface area contributed by atoms with Crippen LogP contribution >= 0.6 is 15.9 Å². The summed E-state index contributed by atoms with van der Waals surface area (Å²) in [6.07, 6.45) is -0.0591. The maximum Gasteiger partial charge on any atom is 0.172 e. The molecule has 1 aromatic carbocycles. The second kappa shape index (κ2) is 5.26. The Kier molecular flexibility index (Phi) is 4.27. The molecule has 1 unspecified atom stereocenters. The lowest BCUT2D eigenvalue weighted by molar-refractivity contribution is -0.124. The van der Waals surface area contributed by atoms with E-state index in [1.165, 1.54) is 18.2 Å². The molecule has 1 atom stereocenters. The molecule has 0 aliphatic heterocycles. The molecule has 4 heteroatoms. The fourth-order valence-electron chi connectivity index (χ4n) is 1.11. The Balaban J connectivity index is 2.73. The van der Waals surface area contributed by atoms with Crippen LogP contribution in [0.5, 0.6) is 5.75 Å². The minimum atomic E-state index is -0.493. The van der Waals surface area contributed by atoms with Crippen LogP contribution in [0, 0.1) is 5.82 Å². The number of ketones is 1. The second-order valence-corrected chi connectivity index (χ2v) is 4.01. The predicted molar refractivity (Wildman–Crippen MR) is 59.5 cm³/mol. The SMILES string of the molecule is CCC(=O)C(C)Oc1ccc(F)c(Br)c1. The van der Waals surface area contributed by atoms with E-state index in [-0.39, 0.29) is 11.6 Å². The number of Topliss-reactive ketones (excluding diaryl/α,β-unsaturated/α-hetero) is 1. The molecule has 2 nitrogen and oxygen atoms in total. The number of hydrogen-bond donors (Lipinski definition) is 0. The zero-order valence-electron chi connectivity index (χ0n) is 8.59. The molecule has 0 saturated carbocycles. The first-order chi connectivity index (χ1) is 7.04. The third kappa shape index (κ3) is 3.30. The smallest absolute Gasteiger partial charge is 0.172 e. The Morgan fingerprint density at radius 2 is 2.27 bits per heavy atom. The van der Waals surface area contributed by atoms with E-state index in [9.17, 15) is 9.18 Å². The van der Waals surface area contributed by atoms with Gasteiger partial charge >= 0.3 is 0 Å². The zero-order chi connectivity index (χ0) is 11.4. The summed E-state index contributed by atoms with van der Waals surface area (Å²) >= 11 is 3.05. The maximum atomic E-state index is 12.9. The maximum absolute atomic E-state index is 12.9. The fourth-order valence-corrected chi connectivity index (χ4v) is 1.47. The highest BCUT2D eigenvalue weighted by atomic mass is 79.9. The third-order valence-corrected chi connectivity index (χ3v) is 2.61. The van der Waals surface area contributed by atoms with Gasteiger partial charge in [-0.3, -0.25) is 4.79 Å². The Morgan fingerprint density at radius 3 is 2.80 bits per heavy atom.